The maximum Gasteiger partial charge on any atom is 0.0952 e. The second-order valence-corrected chi connectivity index (χ2v) is 5.86. The Labute approximate surface area is 139 Å². The van der Waals surface area contributed by atoms with Gasteiger partial charge in [0.05, 0.1) is 38.7 Å². The average Bonchev–Trinajstić information content (AvgIpc) is 2.79. The summed E-state index contributed by atoms with van der Waals surface area (Å²) in [7, 11) is 0. The first-order chi connectivity index (χ1) is 10.1. The van der Waals surface area contributed by atoms with Crippen molar-refractivity contribution in [2.24, 2.45) is 0 Å². The molecule has 0 fully saturated rings. The normalized spacial score (nSPS) is 12.6. The van der Waals surface area contributed by atoms with Crippen molar-refractivity contribution in [2.75, 3.05) is 6.54 Å². The molecule has 114 valence electrons. The van der Waals surface area contributed by atoms with Gasteiger partial charge < -0.3 is 5.32 Å². The third-order valence-corrected chi connectivity index (χ3v) is 3.86. The molecule has 0 aliphatic heterocycles. The standard InChI is InChI=1S/C14H17Cl3N4/c1-3-5-21-14(11(17)8-20-21)13(18-4-2)12-10(16)6-9(15)7-19-12/h6-8,13,18H,3-5H2,1-2H3. The highest BCUT2D eigenvalue weighted by molar-refractivity contribution is 6.35. The van der Waals surface area contributed by atoms with Crippen molar-refractivity contribution >= 4 is 34.8 Å². The Hall–Kier alpha value is -0.810. The van der Waals surface area contributed by atoms with Crippen LogP contribution in [0.25, 0.3) is 0 Å². The van der Waals surface area contributed by atoms with Gasteiger partial charge in [-0.15, -0.1) is 0 Å². The predicted octanol–water partition coefficient (Wildman–Crippen LogP) is 4.35. The Morgan fingerprint density at radius 1 is 1.19 bits per heavy atom. The van der Waals surface area contributed by atoms with Crippen LogP contribution in [0.1, 0.15) is 37.7 Å². The van der Waals surface area contributed by atoms with E-state index < -0.39 is 0 Å². The molecule has 7 heteroatoms. The summed E-state index contributed by atoms with van der Waals surface area (Å²) < 4.78 is 1.89. The van der Waals surface area contributed by atoms with Crippen LogP contribution in [-0.4, -0.2) is 21.3 Å². The van der Waals surface area contributed by atoms with Gasteiger partial charge in [0.2, 0.25) is 0 Å². The fourth-order valence-corrected chi connectivity index (χ4v) is 2.95. The fraction of sp³-hybridized carbons (Fsp3) is 0.429. The molecule has 0 bridgehead atoms. The minimum absolute atomic E-state index is 0.221. The second kappa shape index (κ2) is 7.45. The number of halogens is 3. The van der Waals surface area contributed by atoms with Gasteiger partial charge in [-0.1, -0.05) is 48.7 Å². The second-order valence-electron chi connectivity index (χ2n) is 4.61. The third-order valence-electron chi connectivity index (χ3n) is 3.06. The van der Waals surface area contributed by atoms with E-state index in [9.17, 15) is 0 Å². The highest BCUT2D eigenvalue weighted by Gasteiger charge is 2.24. The van der Waals surface area contributed by atoms with Crippen LogP contribution in [-0.2, 0) is 6.54 Å². The largest absolute Gasteiger partial charge is 0.304 e. The van der Waals surface area contributed by atoms with Crippen molar-refractivity contribution in [3.8, 4) is 0 Å². The molecule has 2 aromatic rings. The Kier molecular flexibility index (Phi) is 5.88. The Morgan fingerprint density at radius 3 is 2.57 bits per heavy atom. The van der Waals surface area contributed by atoms with E-state index in [1.54, 1.807) is 18.5 Å². The lowest BCUT2D eigenvalue weighted by Gasteiger charge is -2.20. The molecular weight excluding hydrogens is 331 g/mol. The van der Waals surface area contributed by atoms with E-state index in [0.29, 0.717) is 20.8 Å². The van der Waals surface area contributed by atoms with Gasteiger partial charge in [0.1, 0.15) is 0 Å². The molecule has 0 radical (unpaired) electrons. The van der Waals surface area contributed by atoms with E-state index >= 15 is 0 Å². The SMILES string of the molecule is CCCn1ncc(Cl)c1C(NCC)c1ncc(Cl)cc1Cl. The lowest BCUT2D eigenvalue weighted by molar-refractivity contribution is 0.515. The van der Waals surface area contributed by atoms with Gasteiger partial charge in [-0.2, -0.15) is 5.10 Å². The van der Waals surface area contributed by atoms with Crippen molar-refractivity contribution in [3.63, 3.8) is 0 Å². The molecule has 1 atom stereocenters. The summed E-state index contributed by atoms with van der Waals surface area (Å²) >= 11 is 18.5. The van der Waals surface area contributed by atoms with Crippen LogP contribution in [0.15, 0.2) is 18.5 Å². The van der Waals surface area contributed by atoms with Gasteiger partial charge in [0.25, 0.3) is 0 Å². The van der Waals surface area contributed by atoms with E-state index in [-0.39, 0.29) is 6.04 Å². The van der Waals surface area contributed by atoms with Gasteiger partial charge in [-0.25, -0.2) is 0 Å². The molecule has 0 saturated carbocycles. The zero-order valence-electron chi connectivity index (χ0n) is 11.9. The topological polar surface area (TPSA) is 42.7 Å². The Bertz CT molecular complexity index is 612. The van der Waals surface area contributed by atoms with Gasteiger partial charge in [-0.05, 0) is 19.0 Å². The Morgan fingerprint density at radius 2 is 1.95 bits per heavy atom. The van der Waals surface area contributed by atoms with Crippen molar-refractivity contribution in [2.45, 2.75) is 32.9 Å². The number of rotatable bonds is 6. The van der Waals surface area contributed by atoms with Gasteiger partial charge in [-0.3, -0.25) is 9.67 Å². The zero-order valence-corrected chi connectivity index (χ0v) is 14.2. The molecule has 2 rings (SSSR count). The van der Waals surface area contributed by atoms with Gasteiger partial charge in [0, 0.05) is 12.7 Å². The van der Waals surface area contributed by atoms with Crippen LogP contribution in [0.3, 0.4) is 0 Å². The highest BCUT2D eigenvalue weighted by atomic mass is 35.5. The number of aryl methyl sites for hydroxylation is 1. The molecule has 0 aromatic carbocycles. The quantitative estimate of drug-likeness (QED) is 0.845. The number of hydrogen-bond acceptors (Lipinski definition) is 3. The van der Waals surface area contributed by atoms with Crippen LogP contribution in [0, 0.1) is 0 Å². The van der Waals surface area contributed by atoms with Gasteiger partial charge in [0.15, 0.2) is 0 Å². The van der Waals surface area contributed by atoms with E-state index in [1.165, 1.54) is 0 Å². The molecular formula is C14H17Cl3N4. The van der Waals surface area contributed by atoms with Crippen molar-refractivity contribution < 1.29 is 0 Å². The summed E-state index contributed by atoms with van der Waals surface area (Å²) in [6.07, 6.45) is 4.20. The van der Waals surface area contributed by atoms with Gasteiger partial charge >= 0.3 is 0 Å². The van der Waals surface area contributed by atoms with E-state index in [1.807, 2.05) is 11.6 Å². The molecule has 0 spiro atoms. The Balaban J connectivity index is 2.50. The van der Waals surface area contributed by atoms with Crippen molar-refractivity contribution in [1.82, 2.24) is 20.1 Å². The first-order valence-corrected chi connectivity index (χ1v) is 7.97. The summed E-state index contributed by atoms with van der Waals surface area (Å²) in [6, 6.07) is 1.46. The summed E-state index contributed by atoms with van der Waals surface area (Å²) in [6.45, 7) is 5.65. The molecule has 0 saturated heterocycles. The predicted molar refractivity (Wildman–Crippen MR) is 87.3 cm³/mol. The van der Waals surface area contributed by atoms with Crippen LogP contribution in [0.5, 0.6) is 0 Å². The first-order valence-electron chi connectivity index (χ1n) is 6.84. The number of pyridine rings is 1. The minimum atomic E-state index is -0.221. The van der Waals surface area contributed by atoms with E-state index in [4.69, 9.17) is 34.8 Å². The molecule has 2 aromatic heterocycles. The monoisotopic (exact) mass is 346 g/mol. The molecule has 4 nitrogen and oxygen atoms in total. The maximum atomic E-state index is 6.32. The van der Waals surface area contributed by atoms with Crippen molar-refractivity contribution in [3.05, 3.63) is 44.9 Å². The van der Waals surface area contributed by atoms with Crippen molar-refractivity contribution in [1.29, 1.82) is 0 Å². The van der Waals surface area contributed by atoms with E-state index in [0.717, 1.165) is 25.2 Å². The minimum Gasteiger partial charge on any atom is -0.304 e. The number of aromatic nitrogens is 3. The summed E-state index contributed by atoms with van der Waals surface area (Å²) in [4.78, 5) is 4.37. The van der Waals surface area contributed by atoms with Crippen LogP contribution < -0.4 is 5.32 Å². The lowest BCUT2D eigenvalue weighted by atomic mass is 10.1. The average molecular weight is 348 g/mol. The molecule has 2 heterocycles. The smallest absolute Gasteiger partial charge is 0.0952 e. The number of nitrogens with one attached hydrogen (secondary N) is 1. The number of hydrogen-bond donors (Lipinski definition) is 1. The zero-order chi connectivity index (χ0) is 15.4. The lowest BCUT2D eigenvalue weighted by Crippen LogP contribution is -2.26. The molecule has 0 aliphatic carbocycles. The molecule has 0 amide bonds. The van der Waals surface area contributed by atoms with Crippen LogP contribution in [0.2, 0.25) is 15.1 Å². The molecule has 1 N–H and O–H groups in total. The molecule has 1 unspecified atom stereocenters. The fourth-order valence-electron chi connectivity index (χ4n) is 2.21. The maximum absolute atomic E-state index is 6.32. The first kappa shape index (κ1) is 16.6. The summed E-state index contributed by atoms with van der Waals surface area (Å²) in [5.41, 5.74) is 1.57. The third kappa shape index (κ3) is 3.69. The van der Waals surface area contributed by atoms with Crippen LogP contribution in [0.4, 0.5) is 0 Å². The summed E-state index contributed by atoms with van der Waals surface area (Å²) in [5, 5.41) is 9.31. The molecule has 0 aliphatic rings. The highest BCUT2D eigenvalue weighted by Crippen LogP contribution is 2.32. The van der Waals surface area contributed by atoms with Crippen LogP contribution >= 0.6 is 34.8 Å². The summed E-state index contributed by atoms with van der Waals surface area (Å²) in [5.74, 6) is 0. The molecule has 21 heavy (non-hydrogen) atoms. The van der Waals surface area contributed by atoms with E-state index in [2.05, 4.69) is 22.3 Å². The number of nitrogens with zero attached hydrogens (tertiary/aromatic N) is 3.